The molecular weight excluding hydrogens is 508 g/mol. The maximum absolute atomic E-state index is 13.1. The highest BCUT2D eigenvalue weighted by molar-refractivity contribution is 7.98. The molecule has 0 saturated heterocycles. The van der Waals surface area contributed by atoms with E-state index in [0.717, 1.165) is 0 Å². The smallest absolute Gasteiger partial charge is 0.326 e. The first-order valence-electron chi connectivity index (χ1n) is 11.4. The molecule has 0 aliphatic carbocycles. The molecule has 0 aromatic carbocycles. The van der Waals surface area contributed by atoms with E-state index in [0.29, 0.717) is 17.9 Å². The van der Waals surface area contributed by atoms with Gasteiger partial charge in [-0.05, 0) is 31.3 Å². The van der Waals surface area contributed by atoms with Crippen LogP contribution in [0.3, 0.4) is 0 Å². The summed E-state index contributed by atoms with van der Waals surface area (Å²) in [7, 11) is 0. The lowest BCUT2D eigenvalue weighted by atomic mass is 10.1. The van der Waals surface area contributed by atoms with Crippen molar-refractivity contribution in [2.75, 3.05) is 12.0 Å². The van der Waals surface area contributed by atoms with E-state index in [1.54, 1.807) is 0 Å². The second-order valence-corrected chi connectivity index (χ2v) is 9.19. The Labute approximate surface area is 217 Å². The molecule has 4 atom stereocenters. The number of amides is 5. The van der Waals surface area contributed by atoms with Crippen molar-refractivity contribution in [3.8, 4) is 0 Å². The van der Waals surface area contributed by atoms with E-state index in [1.807, 2.05) is 6.26 Å². The van der Waals surface area contributed by atoms with Crippen molar-refractivity contribution in [2.24, 2.45) is 17.2 Å². The standard InChI is InChI=1S/C21H34N8O7S/c1-37-7-6-12(22)18(32)27-13(2-4-16(23)30)19(33)29-15(8-11-9-25-10-26-11)20(34)28-14(21(35)36)3-5-17(24)31/h9-10,12-15H,2-8,22H2,1H3,(H2,23,30)(H2,24,31)(H,25,26)(H,27,32)(H,28,34)(H,29,33)(H,35,36). The number of aromatic nitrogens is 2. The number of nitrogens with zero attached hydrogens (tertiary/aromatic N) is 1. The van der Waals surface area contributed by atoms with Crippen LogP contribution in [0.2, 0.25) is 0 Å². The van der Waals surface area contributed by atoms with Gasteiger partial charge >= 0.3 is 5.97 Å². The first-order chi connectivity index (χ1) is 17.4. The summed E-state index contributed by atoms with van der Waals surface area (Å²) >= 11 is 1.49. The SMILES string of the molecule is CSCCC(N)C(=O)NC(CCC(N)=O)C(=O)NC(Cc1cnc[nH]1)C(=O)NC(CCC(N)=O)C(=O)O. The second-order valence-electron chi connectivity index (χ2n) is 8.20. The zero-order valence-electron chi connectivity index (χ0n) is 20.4. The van der Waals surface area contributed by atoms with Crippen LogP contribution in [-0.4, -0.2) is 86.8 Å². The van der Waals surface area contributed by atoms with Crippen LogP contribution in [0.1, 0.15) is 37.8 Å². The summed E-state index contributed by atoms with van der Waals surface area (Å²) in [4.78, 5) is 79.1. The highest BCUT2D eigenvalue weighted by Crippen LogP contribution is 2.06. The average Bonchev–Trinajstić information content (AvgIpc) is 3.34. The molecule has 0 fully saturated rings. The highest BCUT2D eigenvalue weighted by Gasteiger charge is 2.31. The number of aromatic amines is 1. The second kappa shape index (κ2) is 16.2. The number of rotatable bonds is 18. The van der Waals surface area contributed by atoms with Crippen LogP contribution in [0.15, 0.2) is 12.5 Å². The molecule has 0 bridgehead atoms. The van der Waals surface area contributed by atoms with Crippen molar-refractivity contribution in [3.05, 3.63) is 18.2 Å². The van der Waals surface area contributed by atoms with Gasteiger partial charge in [-0.1, -0.05) is 0 Å². The van der Waals surface area contributed by atoms with Gasteiger partial charge in [0.15, 0.2) is 0 Å². The molecule has 0 radical (unpaired) electrons. The number of H-pyrrole nitrogens is 1. The molecule has 0 spiro atoms. The van der Waals surface area contributed by atoms with Gasteiger partial charge in [0.1, 0.15) is 18.1 Å². The van der Waals surface area contributed by atoms with Crippen molar-refractivity contribution in [2.45, 2.75) is 62.7 Å². The first kappa shape index (κ1) is 31.4. The molecule has 0 saturated carbocycles. The summed E-state index contributed by atoms with van der Waals surface area (Å²) in [6.07, 6.45) is 3.92. The number of carbonyl (C=O) groups excluding carboxylic acids is 5. The minimum Gasteiger partial charge on any atom is -0.480 e. The predicted molar refractivity (Wildman–Crippen MR) is 134 cm³/mol. The van der Waals surface area contributed by atoms with Gasteiger partial charge in [-0.25, -0.2) is 9.78 Å². The Morgan fingerprint density at radius 3 is 1.97 bits per heavy atom. The molecule has 0 aliphatic rings. The van der Waals surface area contributed by atoms with Gasteiger partial charge in [0, 0.05) is 31.2 Å². The molecule has 16 heteroatoms. The number of hydrogen-bond acceptors (Lipinski definition) is 9. The molecule has 206 valence electrons. The van der Waals surface area contributed by atoms with E-state index in [-0.39, 0.29) is 32.1 Å². The lowest BCUT2D eigenvalue weighted by molar-refractivity contribution is -0.142. The van der Waals surface area contributed by atoms with Crippen LogP contribution < -0.4 is 33.2 Å². The molecule has 1 aromatic heterocycles. The van der Waals surface area contributed by atoms with Crippen molar-refractivity contribution in [3.63, 3.8) is 0 Å². The molecule has 4 unspecified atom stereocenters. The fourth-order valence-corrected chi connectivity index (χ4v) is 3.61. The normalized spacial score (nSPS) is 14.0. The Bertz CT molecular complexity index is 943. The summed E-state index contributed by atoms with van der Waals surface area (Å²) in [5.41, 5.74) is 16.6. The zero-order valence-corrected chi connectivity index (χ0v) is 21.2. The van der Waals surface area contributed by atoms with Crippen LogP contribution in [0, 0.1) is 0 Å². The number of primary amides is 2. The average molecular weight is 543 g/mol. The van der Waals surface area contributed by atoms with Gasteiger partial charge in [-0.15, -0.1) is 0 Å². The van der Waals surface area contributed by atoms with Gasteiger partial charge < -0.3 is 43.2 Å². The maximum atomic E-state index is 13.1. The molecule has 11 N–H and O–H groups in total. The number of aliphatic carboxylic acids is 1. The van der Waals surface area contributed by atoms with E-state index in [4.69, 9.17) is 17.2 Å². The fourth-order valence-electron chi connectivity index (χ4n) is 3.12. The minimum atomic E-state index is -1.44. The third kappa shape index (κ3) is 12.2. The molecule has 0 aliphatic heterocycles. The summed E-state index contributed by atoms with van der Waals surface area (Å²) in [6, 6.07) is -4.90. The predicted octanol–water partition coefficient (Wildman–Crippen LogP) is -2.90. The van der Waals surface area contributed by atoms with E-state index < -0.39 is 59.7 Å². The molecule has 37 heavy (non-hydrogen) atoms. The number of carbonyl (C=O) groups is 6. The van der Waals surface area contributed by atoms with Crippen LogP contribution in [0.4, 0.5) is 0 Å². The van der Waals surface area contributed by atoms with Crippen LogP contribution in [-0.2, 0) is 35.2 Å². The third-order valence-electron chi connectivity index (χ3n) is 5.19. The van der Waals surface area contributed by atoms with E-state index in [9.17, 15) is 33.9 Å². The number of thioether (sulfide) groups is 1. The number of nitrogens with two attached hydrogens (primary N) is 3. The lowest BCUT2D eigenvalue weighted by Gasteiger charge is -2.25. The number of imidazole rings is 1. The quantitative estimate of drug-likeness (QED) is 0.0937. The van der Waals surface area contributed by atoms with Crippen molar-refractivity contribution in [1.29, 1.82) is 0 Å². The Balaban J connectivity index is 3.06. The number of nitrogens with one attached hydrogen (secondary N) is 4. The number of carboxylic acids is 1. The summed E-state index contributed by atoms with van der Waals surface area (Å²) in [5.74, 6) is -4.53. The Morgan fingerprint density at radius 1 is 0.919 bits per heavy atom. The molecule has 1 rings (SSSR count). The first-order valence-corrected chi connectivity index (χ1v) is 12.8. The van der Waals surface area contributed by atoms with Gasteiger partial charge in [-0.3, -0.25) is 24.0 Å². The highest BCUT2D eigenvalue weighted by atomic mass is 32.2. The fraction of sp³-hybridized carbons (Fsp3) is 0.571. The van der Waals surface area contributed by atoms with Gasteiger partial charge in [0.2, 0.25) is 29.5 Å². The summed E-state index contributed by atoms with van der Waals surface area (Å²) in [5, 5.41) is 16.7. The topological polar surface area (TPSA) is 265 Å². The molecular formula is C21H34N8O7S. The van der Waals surface area contributed by atoms with Crippen molar-refractivity contribution < 1.29 is 33.9 Å². The third-order valence-corrected chi connectivity index (χ3v) is 5.83. The van der Waals surface area contributed by atoms with Crippen LogP contribution in [0.5, 0.6) is 0 Å². The van der Waals surface area contributed by atoms with Crippen molar-refractivity contribution >= 4 is 47.3 Å². The van der Waals surface area contributed by atoms with E-state index in [2.05, 4.69) is 25.9 Å². The Hall–Kier alpha value is -3.66. The van der Waals surface area contributed by atoms with Crippen LogP contribution in [0.25, 0.3) is 0 Å². The largest absolute Gasteiger partial charge is 0.480 e. The number of carboxylic acid groups (broad SMARTS) is 1. The Morgan fingerprint density at radius 2 is 1.46 bits per heavy atom. The molecule has 1 heterocycles. The summed E-state index contributed by atoms with van der Waals surface area (Å²) < 4.78 is 0. The Kier molecular flexibility index (Phi) is 13.7. The zero-order chi connectivity index (χ0) is 28.0. The van der Waals surface area contributed by atoms with E-state index >= 15 is 0 Å². The maximum Gasteiger partial charge on any atom is 0.326 e. The van der Waals surface area contributed by atoms with Gasteiger partial charge in [0.05, 0.1) is 12.4 Å². The van der Waals surface area contributed by atoms with E-state index in [1.165, 1.54) is 24.3 Å². The van der Waals surface area contributed by atoms with Crippen LogP contribution >= 0.6 is 11.8 Å². The monoisotopic (exact) mass is 542 g/mol. The molecule has 1 aromatic rings. The van der Waals surface area contributed by atoms with Gasteiger partial charge in [0.25, 0.3) is 0 Å². The molecule has 5 amide bonds. The lowest BCUT2D eigenvalue weighted by Crippen LogP contribution is -2.57. The number of hydrogen-bond donors (Lipinski definition) is 8. The van der Waals surface area contributed by atoms with Crippen molar-refractivity contribution in [1.82, 2.24) is 25.9 Å². The minimum absolute atomic E-state index is 0.108. The summed E-state index contributed by atoms with van der Waals surface area (Å²) in [6.45, 7) is 0. The van der Waals surface area contributed by atoms with Gasteiger partial charge in [-0.2, -0.15) is 11.8 Å². The molecule has 15 nitrogen and oxygen atoms in total.